The molecule has 0 radical (unpaired) electrons. The number of amides is 1. The Bertz CT molecular complexity index is 919. The zero-order valence-electron chi connectivity index (χ0n) is 14.4. The van der Waals surface area contributed by atoms with Crippen LogP contribution in [-0.2, 0) is 11.2 Å². The summed E-state index contributed by atoms with van der Waals surface area (Å²) >= 11 is 0. The van der Waals surface area contributed by atoms with Gasteiger partial charge in [-0.2, -0.15) is 0 Å². The molecule has 0 spiro atoms. The highest BCUT2D eigenvalue weighted by Gasteiger charge is 2.26. The number of likely N-dealkylation sites (N-methyl/N-ethyl adjacent to an activating group) is 1. The number of benzene rings is 3. The van der Waals surface area contributed by atoms with Gasteiger partial charge in [-0.15, -0.1) is 0 Å². The van der Waals surface area contributed by atoms with Gasteiger partial charge in [0.15, 0.2) is 0 Å². The van der Waals surface area contributed by atoms with Crippen molar-refractivity contribution in [2.24, 2.45) is 0 Å². The Balaban J connectivity index is 1.43. The van der Waals surface area contributed by atoms with E-state index in [4.69, 9.17) is 0 Å². The van der Waals surface area contributed by atoms with Crippen LogP contribution >= 0.6 is 0 Å². The first kappa shape index (κ1) is 15.9. The van der Waals surface area contributed by atoms with Crippen LogP contribution in [0.5, 0.6) is 0 Å². The molecule has 0 saturated carbocycles. The van der Waals surface area contributed by atoms with E-state index in [0.717, 1.165) is 23.9 Å². The molecule has 3 aromatic carbocycles. The molecule has 0 fully saturated rings. The molecule has 3 heteroatoms. The standard InChI is InChI=1S/C22H22N2O/c1-24(21-13-11-17-7-4-5-9-20(17)21)15-22(25)23-19-12-10-16-6-2-3-8-18(16)14-19/h2-10,12,14,21H,11,13,15H2,1H3,(H,23,25). The normalized spacial score (nSPS) is 16.2. The van der Waals surface area contributed by atoms with Crippen molar-refractivity contribution >= 4 is 22.4 Å². The molecule has 126 valence electrons. The number of fused-ring (bicyclic) bond motifs is 2. The SMILES string of the molecule is CN(CC(=O)Nc1ccc2ccccc2c1)C1CCc2ccccc21. The molecule has 1 amide bonds. The summed E-state index contributed by atoms with van der Waals surface area (Å²) in [5, 5.41) is 5.35. The minimum Gasteiger partial charge on any atom is -0.325 e. The van der Waals surface area contributed by atoms with E-state index < -0.39 is 0 Å². The number of hydrogen-bond acceptors (Lipinski definition) is 2. The molecule has 0 saturated heterocycles. The fourth-order valence-electron chi connectivity index (χ4n) is 3.80. The quantitative estimate of drug-likeness (QED) is 0.769. The molecule has 0 aromatic heterocycles. The fraction of sp³-hybridized carbons (Fsp3) is 0.227. The van der Waals surface area contributed by atoms with Crippen LogP contribution in [0.1, 0.15) is 23.6 Å². The van der Waals surface area contributed by atoms with Crippen molar-refractivity contribution in [3.63, 3.8) is 0 Å². The number of anilines is 1. The van der Waals surface area contributed by atoms with Crippen molar-refractivity contribution < 1.29 is 4.79 Å². The van der Waals surface area contributed by atoms with E-state index >= 15 is 0 Å². The number of carbonyl (C=O) groups excluding carboxylic acids is 1. The Kier molecular flexibility index (Phi) is 4.24. The average Bonchev–Trinajstić information content (AvgIpc) is 3.05. The number of rotatable bonds is 4. The van der Waals surface area contributed by atoms with Crippen molar-refractivity contribution in [1.29, 1.82) is 0 Å². The second kappa shape index (κ2) is 6.69. The monoisotopic (exact) mass is 330 g/mol. The molecular formula is C22H22N2O. The van der Waals surface area contributed by atoms with Crippen molar-refractivity contribution in [1.82, 2.24) is 4.90 Å². The predicted molar refractivity (Wildman–Crippen MR) is 103 cm³/mol. The maximum atomic E-state index is 12.5. The maximum absolute atomic E-state index is 12.5. The van der Waals surface area contributed by atoms with E-state index in [2.05, 4.69) is 46.6 Å². The van der Waals surface area contributed by atoms with Gasteiger partial charge in [0.25, 0.3) is 0 Å². The number of nitrogens with one attached hydrogen (secondary N) is 1. The van der Waals surface area contributed by atoms with Crippen LogP contribution in [0.3, 0.4) is 0 Å². The fourth-order valence-corrected chi connectivity index (χ4v) is 3.80. The molecule has 3 nitrogen and oxygen atoms in total. The minimum absolute atomic E-state index is 0.0298. The lowest BCUT2D eigenvalue weighted by molar-refractivity contribution is -0.117. The van der Waals surface area contributed by atoms with Crippen LogP contribution < -0.4 is 5.32 Å². The molecule has 25 heavy (non-hydrogen) atoms. The van der Waals surface area contributed by atoms with Gasteiger partial charge < -0.3 is 5.32 Å². The van der Waals surface area contributed by atoms with Crippen LogP contribution in [0.2, 0.25) is 0 Å². The lowest BCUT2D eigenvalue weighted by Gasteiger charge is -2.24. The zero-order valence-corrected chi connectivity index (χ0v) is 14.4. The summed E-state index contributed by atoms with van der Waals surface area (Å²) in [7, 11) is 2.03. The summed E-state index contributed by atoms with van der Waals surface area (Å²) in [5.74, 6) is 0.0298. The minimum atomic E-state index is 0.0298. The Morgan fingerprint density at radius 2 is 1.80 bits per heavy atom. The highest BCUT2D eigenvalue weighted by Crippen LogP contribution is 2.34. The molecule has 0 aliphatic heterocycles. The smallest absolute Gasteiger partial charge is 0.238 e. The molecule has 3 aromatic rings. The number of hydrogen-bond donors (Lipinski definition) is 1. The van der Waals surface area contributed by atoms with Crippen molar-refractivity contribution in [2.75, 3.05) is 18.9 Å². The Hall–Kier alpha value is -2.65. The van der Waals surface area contributed by atoms with E-state index in [0.29, 0.717) is 12.6 Å². The van der Waals surface area contributed by atoms with Crippen LogP contribution in [0.4, 0.5) is 5.69 Å². The summed E-state index contributed by atoms with van der Waals surface area (Å²) in [6.07, 6.45) is 2.18. The van der Waals surface area contributed by atoms with Gasteiger partial charge in [0.1, 0.15) is 0 Å². The van der Waals surface area contributed by atoms with E-state index in [9.17, 15) is 4.79 Å². The van der Waals surface area contributed by atoms with E-state index in [1.54, 1.807) is 0 Å². The summed E-state index contributed by atoms with van der Waals surface area (Å²) in [5.41, 5.74) is 3.63. The zero-order chi connectivity index (χ0) is 17.2. The molecule has 1 aliphatic carbocycles. The van der Waals surface area contributed by atoms with Crippen LogP contribution in [0.15, 0.2) is 66.7 Å². The van der Waals surface area contributed by atoms with Gasteiger partial charge in [0.2, 0.25) is 5.91 Å². The second-order valence-electron chi connectivity index (χ2n) is 6.78. The van der Waals surface area contributed by atoms with Crippen LogP contribution in [0.25, 0.3) is 10.8 Å². The molecule has 1 aliphatic rings. The lowest BCUT2D eigenvalue weighted by Crippen LogP contribution is -2.32. The average molecular weight is 330 g/mol. The summed E-state index contributed by atoms with van der Waals surface area (Å²) < 4.78 is 0. The predicted octanol–water partition coefficient (Wildman–Crippen LogP) is 4.40. The number of carbonyl (C=O) groups is 1. The Morgan fingerprint density at radius 1 is 1.04 bits per heavy atom. The van der Waals surface area contributed by atoms with E-state index in [1.165, 1.54) is 16.5 Å². The van der Waals surface area contributed by atoms with Crippen molar-refractivity contribution in [3.05, 3.63) is 77.9 Å². The molecule has 4 rings (SSSR count). The third kappa shape index (κ3) is 3.28. The molecule has 1 atom stereocenters. The largest absolute Gasteiger partial charge is 0.325 e. The van der Waals surface area contributed by atoms with E-state index in [1.807, 2.05) is 37.4 Å². The van der Waals surface area contributed by atoms with Crippen molar-refractivity contribution in [3.8, 4) is 0 Å². The Labute approximate surface area is 148 Å². The Morgan fingerprint density at radius 3 is 2.68 bits per heavy atom. The van der Waals surface area contributed by atoms with Gasteiger partial charge in [-0.3, -0.25) is 9.69 Å². The molecule has 0 bridgehead atoms. The first-order valence-electron chi connectivity index (χ1n) is 8.77. The maximum Gasteiger partial charge on any atom is 0.238 e. The van der Waals surface area contributed by atoms with E-state index in [-0.39, 0.29) is 5.91 Å². The van der Waals surface area contributed by atoms with Crippen LogP contribution in [-0.4, -0.2) is 24.4 Å². The highest BCUT2D eigenvalue weighted by atomic mass is 16.2. The lowest BCUT2D eigenvalue weighted by atomic mass is 10.1. The molecule has 1 N–H and O–H groups in total. The number of aryl methyl sites for hydroxylation is 1. The van der Waals surface area contributed by atoms with Gasteiger partial charge >= 0.3 is 0 Å². The second-order valence-corrected chi connectivity index (χ2v) is 6.78. The summed E-state index contributed by atoms with van der Waals surface area (Å²) in [6.45, 7) is 0.395. The third-order valence-corrected chi connectivity index (χ3v) is 5.06. The van der Waals surface area contributed by atoms with Gasteiger partial charge in [-0.25, -0.2) is 0 Å². The first-order chi connectivity index (χ1) is 12.2. The summed E-state index contributed by atoms with van der Waals surface area (Å²) in [4.78, 5) is 14.6. The van der Waals surface area contributed by atoms with Gasteiger partial charge in [-0.05, 0) is 53.9 Å². The third-order valence-electron chi connectivity index (χ3n) is 5.06. The first-order valence-corrected chi connectivity index (χ1v) is 8.77. The van der Waals surface area contributed by atoms with Crippen LogP contribution in [0, 0.1) is 0 Å². The topological polar surface area (TPSA) is 32.3 Å². The van der Waals surface area contributed by atoms with Gasteiger partial charge in [-0.1, -0.05) is 54.6 Å². The highest BCUT2D eigenvalue weighted by molar-refractivity contribution is 5.95. The molecular weight excluding hydrogens is 308 g/mol. The molecule has 0 heterocycles. The summed E-state index contributed by atoms with van der Waals surface area (Å²) in [6, 6.07) is 23.1. The van der Waals surface area contributed by atoms with Gasteiger partial charge in [0, 0.05) is 11.7 Å². The van der Waals surface area contributed by atoms with Gasteiger partial charge in [0.05, 0.1) is 6.54 Å². The van der Waals surface area contributed by atoms with Crippen molar-refractivity contribution in [2.45, 2.75) is 18.9 Å². The molecule has 1 unspecified atom stereocenters. The number of nitrogens with zero attached hydrogens (tertiary/aromatic N) is 1.